The zero-order valence-corrected chi connectivity index (χ0v) is 23.4. The molecule has 0 unspecified atom stereocenters. The molecule has 8 nitrogen and oxygen atoms in total. The van der Waals surface area contributed by atoms with Crippen molar-refractivity contribution < 1.29 is 14.6 Å². The Balaban J connectivity index is 1.63. The molecular formula is C27H32ClN5O3Si. The summed E-state index contributed by atoms with van der Waals surface area (Å²) in [4.78, 5) is 18.0. The molecule has 0 saturated carbocycles. The molecule has 1 aliphatic heterocycles. The summed E-state index contributed by atoms with van der Waals surface area (Å²) in [6, 6.07) is 10.7. The highest BCUT2D eigenvalue weighted by molar-refractivity contribution is 6.76. The van der Waals surface area contributed by atoms with Gasteiger partial charge in [0.25, 0.3) is 0 Å². The summed E-state index contributed by atoms with van der Waals surface area (Å²) in [6.07, 6.45) is 2.95. The van der Waals surface area contributed by atoms with Gasteiger partial charge in [-0.3, -0.25) is 4.68 Å². The van der Waals surface area contributed by atoms with Crippen LogP contribution < -0.4 is 0 Å². The predicted octanol–water partition coefficient (Wildman–Crippen LogP) is 6.33. The molecule has 1 amide bonds. The van der Waals surface area contributed by atoms with Crippen molar-refractivity contribution in [1.29, 1.82) is 0 Å². The molecule has 10 heteroatoms. The first-order valence-electron chi connectivity index (χ1n) is 12.5. The van der Waals surface area contributed by atoms with Crippen molar-refractivity contribution in [2.45, 2.75) is 52.4 Å². The van der Waals surface area contributed by atoms with Crippen LogP contribution in [0.15, 0.2) is 42.7 Å². The van der Waals surface area contributed by atoms with Crippen LogP contribution in [0, 0.1) is 6.92 Å². The first-order chi connectivity index (χ1) is 17.6. The standard InChI is InChI=1S/C27H32ClN5O3Si/c1-18-15-32(17-36-12-13-37(2,3)4)26-23(18)21(8-9-29-26)24-22-16-31(27(34)35)10-11-33(22)30-25(24)19-6-5-7-20(28)14-19/h5-9,14-15H,10-13,16-17H2,1-4H3,(H,34,35). The first kappa shape index (κ1) is 25.5. The Labute approximate surface area is 222 Å². The topological polar surface area (TPSA) is 85.4 Å². The van der Waals surface area contributed by atoms with Crippen LogP contribution >= 0.6 is 11.6 Å². The molecule has 3 aromatic heterocycles. The van der Waals surface area contributed by atoms with Gasteiger partial charge in [-0.2, -0.15) is 5.10 Å². The lowest BCUT2D eigenvalue weighted by molar-refractivity contribution is 0.0898. The summed E-state index contributed by atoms with van der Waals surface area (Å²) in [7, 11) is -1.17. The Morgan fingerprint density at radius 3 is 2.76 bits per heavy atom. The second kappa shape index (κ2) is 9.96. The number of benzene rings is 1. The molecule has 0 radical (unpaired) electrons. The first-order valence-corrected chi connectivity index (χ1v) is 16.6. The van der Waals surface area contributed by atoms with Crippen molar-refractivity contribution in [1.82, 2.24) is 24.2 Å². The maximum Gasteiger partial charge on any atom is 0.407 e. The number of carboxylic acid groups (broad SMARTS) is 1. The Hall–Kier alpha value is -3.14. The number of rotatable bonds is 7. The van der Waals surface area contributed by atoms with Gasteiger partial charge in [0.05, 0.1) is 18.8 Å². The van der Waals surface area contributed by atoms with Gasteiger partial charge in [-0.25, -0.2) is 9.78 Å². The van der Waals surface area contributed by atoms with Crippen LogP contribution in [0.5, 0.6) is 0 Å². The normalized spacial score (nSPS) is 13.8. The van der Waals surface area contributed by atoms with Crippen molar-refractivity contribution in [2.75, 3.05) is 13.2 Å². The van der Waals surface area contributed by atoms with Crippen molar-refractivity contribution >= 4 is 36.8 Å². The summed E-state index contributed by atoms with van der Waals surface area (Å²) < 4.78 is 10.0. The maximum absolute atomic E-state index is 11.8. The fourth-order valence-corrected chi connectivity index (χ4v) is 5.81. The lowest BCUT2D eigenvalue weighted by atomic mass is 9.95. The highest BCUT2D eigenvalue weighted by atomic mass is 35.5. The van der Waals surface area contributed by atoms with E-state index < -0.39 is 14.2 Å². The minimum absolute atomic E-state index is 0.265. The van der Waals surface area contributed by atoms with Gasteiger partial charge in [0.1, 0.15) is 18.1 Å². The number of ether oxygens (including phenoxy) is 1. The monoisotopic (exact) mass is 537 g/mol. The third-order valence-electron chi connectivity index (χ3n) is 6.79. The molecular weight excluding hydrogens is 506 g/mol. The van der Waals surface area contributed by atoms with E-state index in [4.69, 9.17) is 26.4 Å². The molecule has 4 heterocycles. The molecule has 194 valence electrons. The summed E-state index contributed by atoms with van der Waals surface area (Å²) in [5, 5.41) is 16.3. The second-order valence-corrected chi connectivity index (χ2v) is 16.9. The number of carbonyl (C=O) groups is 1. The number of halogens is 1. The van der Waals surface area contributed by atoms with Gasteiger partial charge < -0.3 is 19.3 Å². The number of hydrogen-bond donors (Lipinski definition) is 1. The molecule has 0 bridgehead atoms. The number of pyridine rings is 1. The summed E-state index contributed by atoms with van der Waals surface area (Å²) in [5.41, 5.74) is 6.36. The van der Waals surface area contributed by atoms with Crippen LogP contribution in [0.3, 0.4) is 0 Å². The Morgan fingerprint density at radius 2 is 2.03 bits per heavy atom. The lowest BCUT2D eigenvalue weighted by Gasteiger charge is -2.26. The maximum atomic E-state index is 11.8. The largest absolute Gasteiger partial charge is 0.465 e. The van der Waals surface area contributed by atoms with Gasteiger partial charge >= 0.3 is 6.09 Å². The van der Waals surface area contributed by atoms with Gasteiger partial charge in [0.15, 0.2) is 0 Å². The fraction of sp³-hybridized carbons (Fsp3) is 0.370. The van der Waals surface area contributed by atoms with Crippen molar-refractivity contribution in [3.05, 3.63) is 59.0 Å². The van der Waals surface area contributed by atoms with Crippen LogP contribution in [0.4, 0.5) is 4.79 Å². The van der Waals surface area contributed by atoms with E-state index in [0.29, 0.717) is 24.8 Å². The average Bonchev–Trinajstić information content (AvgIpc) is 3.38. The minimum atomic E-state index is -1.17. The van der Waals surface area contributed by atoms with Crippen LogP contribution in [0.2, 0.25) is 30.7 Å². The molecule has 0 saturated heterocycles. The number of aryl methyl sites for hydroxylation is 1. The van der Waals surface area contributed by atoms with E-state index in [1.54, 1.807) is 6.20 Å². The molecule has 1 N–H and O–H groups in total. The summed E-state index contributed by atoms with van der Waals surface area (Å²) in [6.45, 7) is 11.4. The Kier molecular flexibility index (Phi) is 6.87. The predicted molar refractivity (Wildman–Crippen MR) is 149 cm³/mol. The highest BCUT2D eigenvalue weighted by Crippen LogP contribution is 2.41. The highest BCUT2D eigenvalue weighted by Gasteiger charge is 2.29. The zero-order chi connectivity index (χ0) is 26.3. The third-order valence-corrected chi connectivity index (χ3v) is 8.73. The van der Waals surface area contributed by atoms with Gasteiger partial charge in [-0.15, -0.1) is 0 Å². The number of hydrogen-bond acceptors (Lipinski definition) is 4. The van der Waals surface area contributed by atoms with Crippen LogP contribution in [-0.2, 0) is 24.6 Å². The van der Waals surface area contributed by atoms with E-state index in [1.165, 1.54) is 4.90 Å². The summed E-state index contributed by atoms with van der Waals surface area (Å²) >= 11 is 6.35. The molecule has 0 aliphatic carbocycles. The average molecular weight is 538 g/mol. The van der Waals surface area contributed by atoms with Gasteiger partial charge in [0, 0.05) is 55.2 Å². The number of nitrogens with zero attached hydrogens (tertiary/aromatic N) is 5. The molecule has 4 aromatic rings. The van der Waals surface area contributed by atoms with Gasteiger partial charge in [0.2, 0.25) is 0 Å². The van der Waals surface area contributed by atoms with Crippen molar-refractivity contribution in [3.8, 4) is 22.4 Å². The van der Waals surface area contributed by atoms with Crippen molar-refractivity contribution in [2.24, 2.45) is 0 Å². The molecule has 37 heavy (non-hydrogen) atoms. The van der Waals surface area contributed by atoms with Gasteiger partial charge in [-0.05, 0) is 42.3 Å². The number of aromatic nitrogens is 4. The molecule has 5 rings (SSSR count). The molecule has 1 aliphatic rings. The van der Waals surface area contributed by atoms with E-state index >= 15 is 0 Å². The smallest absolute Gasteiger partial charge is 0.407 e. The summed E-state index contributed by atoms with van der Waals surface area (Å²) in [5.74, 6) is 0. The van der Waals surface area contributed by atoms with Crippen molar-refractivity contribution in [3.63, 3.8) is 0 Å². The minimum Gasteiger partial charge on any atom is -0.465 e. The quantitative estimate of drug-likeness (QED) is 0.220. The van der Waals surface area contributed by atoms with E-state index in [-0.39, 0.29) is 6.54 Å². The number of fused-ring (bicyclic) bond motifs is 2. The molecule has 1 aromatic carbocycles. The van der Waals surface area contributed by atoms with E-state index in [0.717, 1.165) is 57.3 Å². The van der Waals surface area contributed by atoms with E-state index in [2.05, 4.69) is 37.3 Å². The molecule has 0 atom stereocenters. The zero-order valence-electron chi connectivity index (χ0n) is 21.7. The Bertz CT molecular complexity index is 1470. The van der Waals surface area contributed by atoms with Crippen LogP contribution in [0.25, 0.3) is 33.4 Å². The Morgan fingerprint density at radius 1 is 1.22 bits per heavy atom. The van der Waals surface area contributed by atoms with Crippen LogP contribution in [0.1, 0.15) is 11.3 Å². The SMILES string of the molecule is Cc1cn(COCC[Si](C)(C)C)c2nccc(-c3c(-c4cccc(Cl)c4)nn4c3CN(C(=O)O)CC4)c12. The third kappa shape index (κ3) is 5.16. The van der Waals surface area contributed by atoms with E-state index in [1.807, 2.05) is 35.0 Å². The van der Waals surface area contributed by atoms with Crippen LogP contribution in [-0.4, -0.2) is 56.7 Å². The fourth-order valence-electron chi connectivity index (χ4n) is 4.87. The second-order valence-electron chi connectivity index (χ2n) is 10.8. The number of amides is 1. The van der Waals surface area contributed by atoms with E-state index in [9.17, 15) is 9.90 Å². The molecule has 0 spiro atoms. The molecule has 0 fully saturated rings. The van der Waals surface area contributed by atoms with Gasteiger partial charge in [-0.1, -0.05) is 43.4 Å². The lowest BCUT2D eigenvalue weighted by Crippen LogP contribution is -2.37.